The number of aromatic nitrogens is 2. The number of benzene rings is 1. The first-order valence-corrected chi connectivity index (χ1v) is 6.05. The molecule has 2 amide bonds. The van der Waals surface area contributed by atoms with Gasteiger partial charge in [-0.3, -0.25) is 14.6 Å². The number of carbonyl (C=O) groups is 2. The number of amides is 2. The van der Waals surface area contributed by atoms with E-state index in [9.17, 15) is 9.59 Å². The first kappa shape index (κ1) is 14.0. The second kappa shape index (κ2) is 5.66. The fourth-order valence-corrected chi connectivity index (χ4v) is 1.82. The lowest BCUT2D eigenvalue weighted by molar-refractivity contribution is 0.0994. The number of nitrogens with zero attached hydrogens (tertiary/aromatic N) is 2. The number of anilines is 1. The van der Waals surface area contributed by atoms with E-state index in [0.717, 1.165) is 0 Å². The molecule has 2 rings (SSSR count). The molecule has 3 N–H and O–H groups in total. The maximum absolute atomic E-state index is 12.0. The Balaban J connectivity index is 2.29. The molecule has 0 unspecified atom stereocenters. The highest BCUT2D eigenvalue weighted by Crippen LogP contribution is 2.19. The summed E-state index contributed by atoms with van der Waals surface area (Å²) in [6, 6.07) is 4.89. The lowest BCUT2D eigenvalue weighted by Gasteiger charge is -2.10. The van der Waals surface area contributed by atoms with Gasteiger partial charge in [0.05, 0.1) is 12.4 Å². The Labute approximate surface area is 120 Å². The van der Waals surface area contributed by atoms with Gasteiger partial charge in [0.25, 0.3) is 5.91 Å². The van der Waals surface area contributed by atoms with Gasteiger partial charge < -0.3 is 11.1 Å². The summed E-state index contributed by atoms with van der Waals surface area (Å²) in [7, 11) is 0. The number of nitrogens with one attached hydrogen (secondary N) is 1. The van der Waals surface area contributed by atoms with Crippen LogP contribution in [0.5, 0.6) is 0 Å². The van der Waals surface area contributed by atoms with Crippen molar-refractivity contribution in [2.75, 3.05) is 5.32 Å². The molecule has 0 radical (unpaired) electrons. The molecule has 1 aromatic heterocycles. The Bertz CT molecular complexity index is 688. The summed E-state index contributed by atoms with van der Waals surface area (Å²) in [6.07, 6.45) is 2.63. The minimum atomic E-state index is -0.554. The lowest BCUT2D eigenvalue weighted by atomic mass is 10.1. The van der Waals surface area contributed by atoms with Gasteiger partial charge in [-0.15, -0.1) is 0 Å². The van der Waals surface area contributed by atoms with Gasteiger partial charge in [-0.1, -0.05) is 17.7 Å². The van der Waals surface area contributed by atoms with Gasteiger partial charge in [-0.25, -0.2) is 4.98 Å². The molecule has 0 aliphatic heterocycles. The van der Waals surface area contributed by atoms with E-state index in [0.29, 0.717) is 16.8 Å². The summed E-state index contributed by atoms with van der Waals surface area (Å²) >= 11 is 5.68. The predicted octanol–water partition coefficient (Wildman–Crippen LogP) is 1.79. The van der Waals surface area contributed by atoms with Crippen LogP contribution in [-0.4, -0.2) is 21.8 Å². The van der Waals surface area contributed by atoms with E-state index in [-0.39, 0.29) is 10.8 Å². The van der Waals surface area contributed by atoms with Crippen LogP contribution in [0.2, 0.25) is 5.15 Å². The van der Waals surface area contributed by atoms with Crippen LogP contribution >= 0.6 is 11.6 Å². The molecule has 6 nitrogen and oxygen atoms in total. The molecule has 7 heteroatoms. The summed E-state index contributed by atoms with van der Waals surface area (Å²) in [5, 5.41) is 2.77. The summed E-state index contributed by atoms with van der Waals surface area (Å²) in [4.78, 5) is 30.9. The first-order valence-electron chi connectivity index (χ1n) is 5.67. The van der Waals surface area contributed by atoms with E-state index in [4.69, 9.17) is 17.3 Å². The molecule has 0 fully saturated rings. The molecular formula is C13H11ClN4O2. The summed E-state index contributed by atoms with van der Waals surface area (Å²) < 4.78 is 0. The third-order valence-corrected chi connectivity index (χ3v) is 2.87. The van der Waals surface area contributed by atoms with Crippen molar-refractivity contribution in [1.82, 2.24) is 9.97 Å². The maximum Gasteiger partial charge on any atom is 0.275 e. The smallest absolute Gasteiger partial charge is 0.275 e. The highest BCUT2D eigenvalue weighted by Gasteiger charge is 2.13. The van der Waals surface area contributed by atoms with Crippen molar-refractivity contribution in [2.45, 2.75) is 6.92 Å². The van der Waals surface area contributed by atoms with E-state index in [2.05, 4.69) is 15.3 Å². The van der Waals surface area contributed by atoms with Crippen LogP contribution in [0, 0.1) is 6.92 Å². The molecule has 0 atom stereocenters. The van der Waals surface area contributed by atoms with Crippen molar-refractivity contribution in [3.05, 3.63) is 52.6 Å². The van der Waals surface area contributed by atoms with E-state index in [1.165, 1.54) is 12.4 Å². The normalized spacial score (nSPS) is 10.1. The quantitative estimate of drug-likeness (QED) is 0.900. The Hall–Kier alpha value is -2.47. The number of hydrogen-bond acceptors (Lipinski definition) is 4. The fraction of sp³-hybridized carbons (Fsp3) is 0.0769. The van der Waals surface area contributed by atoms with Gasteiger partial charge in [0.1, 0.15) is 10.8 Å². The number of halogens is 1. The van der Waals surface area contributed by atoms with Crippen molar-refractivity contribution in [1.29, 1.82) is 0 Å². The van der Waals surface area contributed by atoms with Crippen molar-refractivity contribution >= 4 is 29.1 Å². The SMILES string of the molecule is Cc1c(NC(=O)c2cncc(Cl)n2)cccc1C(N)=O. The van der Waals surface area contributed by atoms with E-state index < -0.39 is 11.8 Å². The van der Waals surface area contributed by atoms with Gasteiger partial charge in [-0.05, 0) is 24.6 Å². The number of rotatable bonds is 3. The topological polar surface area (TPSA) is 98.0 Å². The van der Waals surface area contributed by atoms with Crippen LogP contribution < -0.4 is 11.1 Å². The Morgan fingerprint density at radius 2 is 2.05 bits per heavy atom. The molecule has 1 aromatic carbocycles. The number of hydrogen-bond donors (Lipinski definition) is 2. The predicted molar refractivity (Wildman–Crippen MR) is 74.7 cm³/mol. The van der Waals surface area contributed by atoms with Gasteiger partial charge >= 0.3 is 0 Å². The number of primary amides is 1. The number of carbonyl (C=O) groups excluding carboxylic acids is 2. The van der Waals surface area contributed by atoms with Crippen LogP contribution in [0.3, 0.4) is 0 Å². The second-order valence-electron chi connectivity index (χ2n) is 4.02. The average molecular weight is 291 g/mol. The first-order chi connectivity index (χ1) is 9.49. The van der Waals surface area contributed by atoms with Gasteiger partial charge in [0, 0.05) is 11.3 Å². The molecule has 0 saturated heterocycles. The molecular weight excluding hydrogens is 280 g/mol. The Kier molecular flexibility index (Phi) is 3.95. The third-order valence-electron chi connectivity index (χ3n) is 2.69. The van der Waals surface area contributed by atoms with Gasteiger partial charge in [-0.2, -0.15) is 0 Å². The van der Waals surface area contributed by atoms with Crippen molar-refractivity contribution in [2.24, 2.45) is 5.73 Å². The molecule has 0 spiro atoms. The molecule has 1 heterocycles. The Morgan fingerprint density at radius 3 is 2.70 bits per heavy atom. The summed E-state index contributed by atoms with van der Waals surface area (Å²) in [5.74, 6) is -1.02. The molecule has 102 valence electrons. The molecule has 20 heavy (non-hydrogen) atoms. The van der Waals surface area contributed by atoms with Crippen LogP contribution in [0.4, 0.5) is 5.69 Å². The summed E-state index contributed by atoms with van der Waals surface area (Å²) in [5.41, 5.74) is 6.75. The van der Waals surface area contributed by atoms with Crippen molar-refractivity contribution in [3.8, 4) is 0 Å². The fourth-order valence-electron chi connectivity index (χ4n) is 1.68. The van der Waals surface area contributed by atoms with Crippen LogP contribution in [-0.2, 0) is 0 Å². The molecule has 0 aliphatic carbocycles. The van der Waals surface area contributed by atoms with Crippen molar-refractivity contribution in [3.63, 3.8) is 0 Å². The molecule has 0 aliphatic rings. The van der Waals surface area contributed by atoms with Crippen LogP contribution in [0.15, 0.2) is 30.6 Å². The van der Waals surface area contributed by atoms with E-state index >= 15 is 0 Å². The zero-order valence-electron chi connectivity index (χ0n) is 10.6. The van der Waals surface area contributed by atoms with E-state index in [1.807, 2.05) is 0 Å². The van der Waals surface area contributed by atoms with Crippen LogP contribution in [0.25, 0.3) is 0 Å². The zero-order chi connectivity index (χ0) is 14.7. The maximum atomic E-state index is 12.0. The minimum absolute atomic E-state index is 0.0846. The molecule has 2 aromatic rings. The standard InChI is InChI=1S/C13H11ClN4O2/c1-7-8(12(15)19)3-2-4-9(7)18-13(20)10-5-16-6-11(14)17-10/h2-6H,1H3,(H2,15,19)(H,18,20). The Morgan fingerprint density at radius 1 is 1.30 bits per heavy atom. The molecule has 0 bridgehead atoms. The largest absolute Gasteiger partial charge is 0.366 e. The number of nitrogens with two attached hydrogens (primary N) is 1. The minimum Gasteiger partial charge on any atom is -0.366 e. The highest BCUT2D eigenvalue weighted by molar-refractivity contribution is 6.29. The van der Waals surface area contributed by atoms with Gasteiger partial charge in [0.15, 0.2) is 0 Å². The van der Waals surface area contributed by atoms with Crippen LogP contribution in [0.1, 0.15) is 26.4 Å². The highest BCUT2D eigenvalue weighted by atomic mass is 35.5. The summed E-state index contributed by atoms with van der Waals surface area (Å²) in [6.45, 7) is 1.69. The average Bonchev–Trinajstić information content (AvgIpc) is 2.40. The van der Waals surface area contributed by atoms with Gasteiger partial charge in [0.2, 0.25) is 5.91 Å². The lowest BCUT2D eigenvalue weighted by Crippen LogP contribution is -2.17. The zero-order valence-corrected chi connectivity index (χ0v) is 11.3. The van der Waals surface area contributed by atoms with E-state index in [1.54, 1.807) is 25.1 Å². The third kappa shape index (κ3) is 2.92. The second-order valence-corrected chi connectivity index (χ2v) is 4.41. The van der Waals surface area contributed by atoms with Crippen molar-refractivity contribution < 1.29 is 9.59 Å². The molecule has 0 saturated carbocycles. The monoisotopic (exact) mass is 290 g/mol.